The quantitative estimate of drug-likeness (QED) is 0.708. The molecule has 1 saturated carbocycles. The zero-order chi connectivity index (χ0) is 11.4. The summed E-state index contributed by atoms with van der Waals surface area (Å²) in [5, 5.41) is 2.90. The highest BCUT2D eigenvalue weighted by atomic mass is 16.6. The van der Waals surface area contributed by atoms with Crippen molar-refractivity contribution >= 4 is 5.91 Å². The smallest absolute Gasteiger partial charge is 0.289 e. The van der Waals surface area contributed by atoms with Gasteiger partial charge < -0.3 is 20.5 Å². The van der Waals surface area contributed by atoms with Crippen LogP contribution in [0.4, 0.5) is 0 Å². The Morgan fingerprint density at radius 3 is 2.88 bits per heavy atom. The fourth-order valence-corrected chi connectivity index (χ4v) is 2.07. The number of nitrogens with one attached hydrogen (secondary N) is 1. The highest BCUT2D eigenvalue weighted by Gasteiger charge is 2.25. The SMILES string of the molecule is N[C@@H]1CCCC[C@H]1NC(=O)C1=COCCO1. The van der Waals surface area contributed by atoms with E-state index in [0.717, 1.165) is 25.7 Å². The molecule has 5 nitrogen and oxygen atoms in total. The average molecular weight is 226 g/mol. The van der Waals surface area contributed by atoms with Gasteiger partial charge in [-0.1, -0.05) is 12.8 Å². The van der Waals surface area contributed by atoms with Crippen LogP contribution in [0.15, 0.2) is 12.0 Å². The Kier molecular flexibility index (Phi) is 3.66. The first-order valence-electron chi connectivity index (χ1n) is 5.78. The van der Waals surface area contributed by atoms with E-state index in [1.165, 1.54) is 6.26 Å². The second-order valence-electron chi connectivity index (χ2n) is 4.23. The number of ether oxygens (including phenoxy) is 2. The van der Waals surface area contributed by atoms with Crippen LogP contribution in [0, 0.1) is 0 Å². The minimum Gasteiger partial charge on any atom is -0.494 e. The van der Waals surface area contributed by atoms with Gasteiger partial charge in [-0.3, -0.25) is 4.79 Å². The van der Waals surface area contributed by atoms with Gasteiger partial charge >= 0.3 is 0 Å². The molecule has 2 rings (SSSR count). The second kappa shape index (κ2) is 5.21. The minimum atomic E-state index is -0.220. The van der Waals surface area contributed by atoms with E-state index in [0.29, 0.717) is 13.2 Å². The normalized spacial score (nSPS) is 29.7. The van der Waals surface area contributed by atoms with Crippen molar-refractivity contribution in [2.45, 2.75) is 37.8 Å². The fraction of sp³-hybridized carbons (Fsp3) is 0.727. The first kappa shape index (κ1) is 11.3. The van der Waals surface area contributed by atoms with Crippen LogP contribution in [-0.4, -0.2) is 31.2 Å². The molecule has 1 aliphatic heterocycles. The maximum absolute atomic E-state index is 11.8. The van der Waals surface area contributed by atoms with Gasteiger partial charge in [-0.25, -0.2) is 0 Å². The number of amides is 1. The molecular formula is C11H18N2O3. The fourth-order valence-electron chi connectivity index (χ4n) is 2.07. The molecule has 0 unspecified atom stereocenters. The summed E-state index contributed by atoms with van der Waals surface area (Å²) in [4.78, 5) is 11.8. The van der Waals surface area contributed by atoms with Gasteiger partial charge in [0.05, 0.1) is 0 Å². The van der Waals surface area contributed by atoms with Gasteiger partial charge in [0.2, 0.25) is 5.76 Å². The van der Waals surface area contributed by atoms with Gasteiger partial charge in [0, 0.05) is 12.1 Å². The molecule has 0 spiro atoms. The third-order valence-corrected chi connectivity index (χ3v) is 3.01. The van der Waals surface area contributed by atoms with Crippen LogP contribution in [0.5, 0.6) is 0 Å². The van der Waals surface area contributed by atoms with Crippen molar-refractivity contribution < 1.29 is 14.3 Å². The van der Waals surface area contributed by atoms with Gasteiger partial charge in [0.15, 0.2) is 0 Å². The van der Waals surface area contributed by atoms with Crippen LogP contribution in [0.3, 0.4) is 0 Å². The molecule has 0 saturated heterocycles. The molecule has 3 N–H and O–H groups in total. The van der Waals surface area contributed by atoms with Crippen LogP contribution in [-0.2, 0) is 14.3 Å². The van der Waals surface area contributed by atoms with Gasteiger partial charge in [-0.15, -0.1) is 0 Å². The number of nitrogens with two attached hydrogens (primary N) is 1. The molecule has 1 fully saturated rings. The van der Waals surface area contributed by atoms with Gasteiger partial charge in [0.25, 0.3) is 5.91 Å². The molecular weight excluding hydrogens is 208 g/mol. The molecule has 1 aliphatic carbocycles. The van der Waals surface area contributed by atoms with Crippen molar-refractivity contribution in [2.75, 3.05) is 13.2 Å². The summed E-state index contributed by atoms with van der Waals surface area (Å²) in [6.07, 6.45) is 5.56. The highest BCUT2D eigenvalue weighted by Crippen LogP contribution is 2.17. The Morgan fingerprint density at radius 2 is 2.19 bits per heavy atom. The average Bonchev–Trinajstić information content (AvgIpc) is 2.33. The first-order chi connectivity index (χ1) is 7.77. The lowest BCUT2D eigenvalue weighted by Crippen LogP contribution is -2.50. The second-order valence-corrected chi connectivity index (χ2v) is 4.23. The van der Waals surface area contributed by atoms with E-state index in [-0.39, 0.29) is 23.8 Å². The monoisotopic (exact) mass is 226 g/mol. The number of hydrogen-bond acceptors (Lipinski definition) is 4. The van der Waals surface area contributed by atoms with E-state index in [1.54, 1.807) is 0 Å². The van der Waals surface area contributed by atoms with Crippen molar-refractivity contribution in [3.63, 3.8) is 0 Å². The Balaban J connectivity index is 1.88. The van der Waals surface area contributed by atoms with Crippen LogP contribution >= 0.6 is 0 Å². The number of carbonyl (C=O) groups is 1. The molecule has 0 aromatic rings. The predicted molar refractivity (Wildman–Crippen MR) is 58.4 cm³/mol. The summed E-state index contributed by atoms with van der Waals surface area (Å²) < 4.78 is 10.2. The Labute approximate surface area is 95.0 Å². The van der Waals surface area contributed by atoms with Crippen LogP contribution in [0.2, 0.25) is 0 Å². The van der Waals surface area contributed by atoms with Crippen LogP contribution in [0.25, 0.3) is 0 Å². The summed E-state index contributed by atoms with van der Waals surface area (Å²) in [6, 6.07) is 0.121. The molecule has 1 heterocycles. The van der Waals surface area contributed by atoms with Crippen molar-refractivity contribution in [2.24, 2.45) is 5.73 Å². The highest BCUT2D eigenvalue weighted by molar-refractivity contribution is 5.91. The van der Waals surface area contributed by atoms with E-state index in [2.05, 4.69) is 5.32 Å². The lowest BCUT2D eigenvalue weighted by atomic mass is 9.91. The van der Waals surface area contributed by atoms with Crippen LogP contribution < -0.4 is 11.1 Å². The van der Waals surface area contributed by atoms with Crippen molar-refractivity contribution in [1.82, 2.24) is 5.32 Å². The van der Waals surface area contributed by atoms with Gasteiger partial charge in [0.1, 0.15) is 19.5 Å². The van der Waals surface area contributed by atoms with Gasteiger partial charge in [-0.2, -0.15) is 0 Å². The summed E-state index contributed by atoms with van der Waals surface area (Å²) in [5.74, 6) is 0.0334. The molecule has 1 amide bonds. The van der Waals surface area contributed by atoms with E-state index in [1.807, 2.05) is 0 Å². The third-order valence-electron chi connectivity index (χ3n) is 3.01. The maximum atomic E-state index is 11.8. The molecule has 5 heteroatoms. The Morgan fingerprint density at radius 1 is 1.38 bits per heavy atom. The predicted octanol–water partition coefficient (Wildman–Crippen LogP) is 0.261. The molecule has 90 valence electrons. The summed E-state index contributed by atoms with van der Waals surface area (Å²) in [5.41, 5.74) is 5.95. The molecule has 16 heavy (non-hydrogen) atoms. The molecule has 0 aromatic carbocycles. The van der Waals surface area contributed by atoms with Crippen LogP contribution in [0.1, 0.15) is 25.7 Å². The van der Waals surface area contributed by atoms with E-state index in [9.17, 15) is 4.79 Å². The van der Waals surface area contributed by atoms with Crippen molar-refractivity contribution in [3.05, 3.63) is 12.0 Å². The molecule has 0 radical (unpaired) electrons. The van der Waals surface area contributed by atoms with Gasteiger partial charge in [-0.05, 0) is 12.8 Å². The largest absolute Gasteiger partial charge is 0.494 e. The molecule has 0 bridgehead atoms. The lowest BCUT2D eigenvalue weighted by molar-refractivity contribution is -0.123. The minimum absolute atomic E-state index is 0.0582. The Bertz CT molecular complexity index is 291. The van der Waals surface area contributed by atoms with Crippen molar-refractivity contribution in [3.8, 4) is 0 Å². The topological polar surface area (TPSA) is 73.6 Å². The summed E-state index contributed by atoms with van der Waals surface area (Å²) in [6.45, 7) is 0.926. The standard InChI is InChI=1S/C11H18N2O3/c12-8-3-1-2-4-9(8)13-11(14)10-7-15-5-6-16-10/h7-9H,1-6,12H2,(H,13,14)/t8-,9-/m1/s1. The molecule has 2 atom stereocenters. The molecule has 2 aliphatic rings. The summed E-state index contributed by atoms with van der Waals surface area (Å²) >= 11 is 0. The van der Waals surface area contributed by atoms with E-state index < -0.39 is 0 Å². The number of carbonyl (C=O) groups excluding carboxylic acids is 1. The Hall–Kier alpha value is -1.23. The zero-order valence-corrected chi connectivity index (χ0v) is 9.28. The number of hydrogen-bond donors (Lipinski definition) is 2. The zero-order valence-electron chi connectivity index (χ0n) is 9.28. The maximum Gasteiger partial charge on any atom is 0.289 e. The van der Waals surface area contributed by atoms with E-state index >= 15 is 0 Å². The van der Waals surface area contributed by atoms with E-state index in [4.69, 9.17) is 15.2 Å². The third kappa shape index (κ3) is 2.66. The lowest BCUT2D eigenvalue weighted by Gasteiger charge is -2.29. The van der Waals surface area contributed by atoms with Crippen molar-refractivity contribution in [1.29, 1.82) is 0 Å². The first-order valence-corrected chi connectivity index (χ1v) is 5.78. The number of rotatable bonds is 2. The molecule has 0 aromatic heterocycles. The summed E-state index contributed by atoms with van der Waals surface area (Å²) in [7, 11) is 0.